The number of nitrogens with one attached hydrogen (secondary N) is 1. The fourth-order valence-corrected chi connectivity index (χ4v) is 3.44. The van der Waals surface area contributed by atoms with Gasteiger partial charge in [0.05, 0.1) is 6.10 Å². The maximum absolute atomic E-state index is 12.1. The summed E-state index contributed by atoms with van der Waals surface area (Å²) in [6.45, 7) is 2.67. The molecule has 2 aliphatic carbocycles. The number of hydrogen-bond acceptors (Lipinski definition) is 4. The highest BCUT2D eigenvalue weighted by Crippen LogP contribution is 2.57. The normalized spacial score (nSPS) is 26.0. The monoisotopic (exact) mass is 293 g/mol. The molecule has 0 aromatic carbocycles. The molecule has 2 fully saturated rings. The second-order valence-electron chi connectivity index (χ2n) is 5.76. The van der Waals surface area contributed by atoms with E-state index in [1.807, 2.05) is 6.92 Å². The number of furan rings is 1. The molecule has 114 valence electrons. The third kappa shape index (κ3) is 2.23. The molecule has 21 heavy (non-hydrogen) atoms. The van der Waals surface area contributed by atoms with Crippen LogP contribution in [0.2, 0.25) is 0 Å². The maximum atomic E-state index is 12.1. The van der Waals surface area contributed by atoms with Crippen molar-refractivity contribution in [2.45, 2.75) is 44.8 Å². The minimum absolute atomic E-state index is 0.0433. The highest BCUT2D eigenvalue weighted by atomic mass is 16.5. The highest BCUT2D eigenvalue weighted by molar-refractivity contribution is 5.93. The summed E-state index contributed by atoms with van der Waals surface area (Å²) < 4.78 is 10.8. The second kappa shape index (κ2) is 5.18. The zero-order valence-corrected chi connectivity index (χ0v) is 11.9. The number of aromatic carboxylic acids is 1. The molecule has 3 rings (SSSR count). The minimum Gasteiger partial charge on any atom is -0.475 e. The molecule has 0 unspecified atom stereocenters. The molecular weight excluding hydrogens is 274 g/mol. The summed E-state index contributed by atoms with van der Waals surface area (Å²) in [4.78, 5) is 22.9. The Labute approximate surface area is 122 Å². The van der Waals surface area contributed by atoms with Crippen LogP contribution in [0.4, 0.5) is 0 Å². The Bertz CT molecular complexity index is 560. The standard InChI is InChI=1S/C15H19NO5/c1-2-20-12-8-11(15(12)6-3-7-15)16-13(17)9-4-5-10(21-9)14(18)19/h4-5,11-12H,2-3,6-8H2,1H3,(H,16,17)(H,18,19)/t11-,12-/m0/s1. The van der Waals surface area contributed by atoms with Gasteiger partial charge in [-0.05, 0) is 38.3 Å². The Morgan fingerprint density at radius 1 is 1.43 bits per heavy atom. The van der Waals surface area contributed by atoms with Gasteiger partial charge in [0.1, 0.15) is 0 Å². The molecule has 6 nitrogen and oxygen atoms in total. The van der Waals surface area contributed by atoms with Crippen molar-refractivity contribution in [2.24, 2.45) is 5.41 Å². The van der Waals surface area contributed by atoms with Crippen LogP contribution < -0.4 is 5.32 Å². The summed E-state index contributed by atoms with van der Waals surface area (Å²) in [5.41, 5.74) is 0.0773. The Hall–Kier alpha value is -1.82. The number of amides is 1. The van der Waals surface area contributed by atoms with Crippen LogP contribution >= 0.6 is 0 Å². The van der Waals surface area contributed by atoms with Crippen molar-refractivity contribution in [1.29, 1.82) is 0 Å². The van der Waals surface area contributed by atoms with Gasteiger partial charge in [0.15, 0.2) is 5.76 Å². The van der Waals surface area contributed by atoms with Crippen LogP contribution in [-0.2, 0) is 4.74 Å². The first-order chi connectivity index (χ1) is 10.1. The van der Waals surface area contributed by atoms with Crippen LogP contribution in [0.3, 0.4) is 0 Å². The van der Waals surface area contributed by atoms with Crippen LogP contribution in [0.1, 0.15) is 53.7 Å². The Morgan fingerprint density at radius 2 is 2.14 bits per heavy atom. The third-order valence-corrected chi connectivity index (χ3v) is 4.78. The van der Waals surface area contributed by atoms with E-state index in [9.17, 15) is 9.59 Å². The van der Waals surface area contributed by atoms with Crippen molar-refractivity contribution in [3.05, 3.63) is 23.7 Å². The lowest BCUT2D eigenvalue weighted by molar-refractivity contribution is -0.169. The van der Waals surface area contributed by atoms with Crippen molar-refractivity contribution in [1.82, 2.24) is 5.32 Å². The summed E-state index contributed by atoms with van der Waals surface area (Å²) in [6, 6.07) is 2.78. The van der Waals surface area contributed by atoms with Crippen LogP contribution in [-0.4, -0.2) is 35.7 Å². The SMILES string of the molecule is CCO[C@H]1C[C@H](NC(=O)c2ccc(C(=O)O)o2)C12CCC2. The quantitative estimate of drug-likeness (QED) is 0.867. The Morgan fingerprint density at radius 3 is 2.67 bits per heavy atom. The number of carbonyl (C=O) groups is 2. The lowest BCUT2D eigenvalue weighted by Gasteiger charge is -2.60. The van der Waals surface area contributed by atoms with E-state index in [1.165, 1.54) is 18.6 Å². The Balaban J connectivity index is 1.64. The first-order valence-electron chi connectivity index (χ1n) is 7.32. The molecule has 2 atom stereocenters. The first kappa shape index (κ1) is 14.1. The van der Waals surface area contributed by atoms with Gasteiger partial charge < -0.3 is 19.6 Å². The zero-order valence-electron chi connectivity index (χ0n) is 11.9. The fourth-order valence-electron chi connectivity index (χ4n) is 3.44. The van der Waals surface area contributed by atoms with Gasteiger partial charge in [0.25, 0.3) is 5.91 Å². The number of rotatable bonds is 5. The average molecular weight is 293 g/mol. The summed E-state index contributed by atoms with van der Waals surface area (Å²) >= 11 is 0. The molecule has 1 aromatic rings. The number of carboxylic acid groups (broad SMARTS) is 1. The number of hydrogen-bond donors (Lipinski definition) is 2. The van der Waals surface area contributed by atoms with E-state index >= 15 is 0 Å². The molecule has 1 spiro atoms. The molecule has 2 saturated carbocycles. The van der Waals surface area contributed by atoms with Crippen LogP contribution in [0.5, 0.6) is 0 Å². The molecule has 0 radical (unpaired) electrons. The summed E-state index contributed by atoms with van der Waals surface area (Å²) in [5.74, 6) is -1.71. The highest BCUT2D eigenvalue weighted by Gasteiger charge is 2.59. The molecule has 1 aromatic heterocycles. The van der Waals surface area contributed by atoms with Crippen molar-refractivity contribution < 1.29 is 23.8 Å². The topological polar surface area (TPSA) is 88.8 Å². The third-order valence-electron chi connectivity index (χ3n) is 4.78. The predicted molar refractivity (Wildman–Crippen MR) is 73.2 cm³/mol. The first-order valence-corrected chi connectivity index (χ1v) is 7.32. The number of carbonyl (C=O) groups excluding carboxylic acids is 1. The maximum Gasteiger partial charge on any atom is 0.371 e. The van der Waals surface area contributed by atoms with Gasteiger partial charge in [0.2, 0.25) is 5.76 Å². The number of ether oxygens (including phenoxy) is 1. The fraction of sp³-hybridized carbons (Fsp3) is 0.600. The summed E-state index contributed by atoms with van der Waals surface area (Å²) in [6.07, 6.45) is 4.35. The van der Waals surface area contributed by atoms with Gasteiger partial charge in [-0.15, -0.1) is 0 Å². The molecule has 1 amide bonds. The van der Waals surface area contributed by atoms with Gasteiger partial charge >= 0.3 is 5.97 Å². The number of carboxylic acids is 1. The molecule has 1 heterocycles. The van der Waals surface area contributed by atoms with Gasteiger partial charge in [0, 0.05) is 18.1 Å². The summed E-state index contributed by atoms with van der Waals surface area (Å²) in [5, 5.41) is 11.8. The van der Waals surface area contributed by atoms with E-state index in [0.29, 0.717) is 6.61 Å². The largest absolute Gasteiger partial charge is 0.475 e. The van der Waals surface area contributed by atoms with Crippen molar-refractivity contribution in [2.75, 3.05) is 6.61 Å². The second-order valence-corrected chi connectivity index (χ2v) is 5.76. The van der Waals surface area contributed by atoms with Gasteiger partial charge in [-0.25, -0.2) is 4.79 Å². The van der Waals surface area contributed by atoms with Gasteiger partial charge in [-0.3, -0.25) is 4.79 Å². The van der Waals surface area contributed by atoms with Gasteiger partial charge in [-0.1, -0.05) is 6.42 Å². The molecule has 0 bridgehead atoms. The van der Waals surface area contributed by atoms with Crippen molar-refractivity contribution in [3.8, 4) is 0 Å². The average Bonchev–Trinajstić information content (AvgIpc) is 2.85. The lowest BCUT2D eigenvalue weighted by atomic mass is 9.51. The van der Waals surface area contributed by atoms with E-state index in [-0.39, 0.29) is 35.0 Å². The van der Waals surface area contributed by atoms with Crippen LogP contribution in [0.25, 0.3) is 0 Å². The molecule has 0 saturated heterocycles. The lowest BCUT2D eigenvalue weighted by Crippen LogP contribution is -2.67. The molecule has 6 heteroatoms. The van der Waals surface area contributed by atoms with E-state index in [0.717, 1.165) is 19.3 Å². The molecule has 0 aliphatic heterocycles. The van der Waals surface area contributed by atoms with E-state index in [1.54, 1.807) is 0 Å². The molecule has 2 N–H and O–H groups in total. The van der Waals surface area contributed by atoms with Crippen molar-refractivity contribution in [3.63, 3.8) is 0 Å². The van der Waals surface area contributed by atoms with Gasteiger partial charge in [-0.2, -0.15) is 0 Å². The van der Waals surface area contributed by atoms with E-state index < -0.39 is 5.97 Å². The Kier molecular flexibility index (Phi) is 3.49. The molecule has 2 aliphatic rings. The minimum atomic E-state index is -1.18. The van der Waals surface area contributed by atoms with E-state index in [4.69, 9.17) is 14.3 Å². The smallest absolute Gasteiger partial charge is 0.371 e. The van der Waals surface area contributed by atoms with Crippen LogP contribution in [0, 0.1) is 5.41 Å². The summed E-state index contributed by atoms with van der Waals surface area (Å²) in [7, 11) is 0. The zero-order chi connectivity index (χ0) is 15.0. The predicted octanol–water partition coefficient (Wildman–Crippen LogP) is 2.06. The van der Waals surface area contributed by atoms with E-state index in [2.05, 4.69) is 5.32 Å². The van der Waals surface area contributed by atoms with Crippen molar-refractivity contribution >= 4 is 11.9 Å². The molecular formula is C15H19NO5. The van der Waals surface area contributed by atoms with Crippen LogP contribution in [0.15, 0.2) is 16.5 Å².